The zero-order valence-corrected chi connectivity index (χ0v) is 14.6. The minimum atomic E-state index is 0.302. The number of hydrogen-bond acceptors (Lipinski definition) is 4. The molecule has 2 rings (SSSR count). The highest BCUT2D eigenvalue weighted by Crippen LogP contribution is 2.44. The van der Waals surface area contributed by atoms with Gasteiger partial charge in [-0.3, -0.25) is 0 Å². The predicted molar refractivity (Wildman–Crippen MR) is 88.8 cm³/mol. The van der Waals surface area contributed by atoms with Gasteiger partial charge in [0.25, 0.3) is 0 Å². The van der Waals surface area contributed by atoms with Gasteiger partial charge < -0.3 is 10.2 Å². The molecule has 0 atom stereocenters. The fourth-order valence-electron chi connectivity index (χ4n) is 2.39. The topological polar surface area (TPSA) is 28.2 Å². The standard InChI is InChI=1S/C16H29N3S/c1-11(2)17-9-13-14(12-7-8-12)18-15(20-13)19(6)10-16(3,4)5/h11-12,17H,7-10H2,1-6H3. The van der Waals surface area contributed by atoms with Crippen LogP contribution in [-0.4, -0.2) is 24.6 Å². The Kier molecular flexibility index (Phi) is 4.75. The third-order valence-corrected chi connectivity index (χ3v) is 4.57. The summed E-state index contributed by atoms with van der Waals surface area (Å²) >= 11 is 1.87. The Hall–Kier alpha value is -0.610. The van der Waals surface area contributed by atoms with Gasteiger partial charge in [0.15, 0.2) is 5.13 Å². The summed E-state index contributed by atoms with van der Waals surface area (Å²) in [5.41, 5.74) is 1.66. The van der Waals surface area contributed by atoms with E-state index in [1.165, 1.54) is 28.5 Å². The number of nitrogens with one attached hydrogen (secondary N) is 1. The first-order valence-electron chi connectivity index (χ1n) is 7.70. The van der Waals surface area contributed by atoms with Crippen molar-refractivity contribution < 1.29 is 0 Å². The molecule has 0 radical (unpaired) electrons. The van der Waals surface area contributed by atoms with E-state index in [2.05, 4.69) is 51.9 Å². The number of thiazole rings is 1. The zero-order valence-electron chi connectivity index (χ0n) is 13.8. The lowest BCUT2D eigenvalue weighted by Gasteiger charge is -2.26. The molecule has 4 heteroatoms. The molecule has 0 amide bonds. The molecule has 1 aliphatic carbocycles. The maximum Gasteiger partial charge on any atom is 0.185 e. The molecule has 1 aromatic rings. The number of rotatable bonds is 6. The second kappa shape index (κ2) is 6.02. The van der Waals surface area contributed by atoms with E-state index >= 15 is 0 Å². The summed E-state index contributed by atoms with van der Waals surface area (Å²) in [5, 5.41) is 4.72. The van der Waals surface area contributed by atoms with Crippen molar-refractivity contribution >= 4 is 16.5 Å². The normalized spacial score (nSPS) is 15.9. The average Bonchev–Trinajstić information content (AvgIpc) is 3.04. The van der Waals surface area contributed by atoms with Crippen LogP contribution in [0.3, 0.4) is 0 Å². The first-order valence-corrected chi connectivity index (χ1v) is 8.52. The molecular formula is C16H29N3S. The summed E-state index contributed by atoms with van der Waals surface area (Å²) in [6.07, 6.45) is 2.64. The van der Waals surface area contributed by atoms with E-state index in [-0.39, 0.29) is 0 Å². The molecular weight excluding hydrogens is 266 g/mol. The van der Waals surface area contributed by atoms with Crippen LogP contribution in [0.1, 0.15) is 63.9 Å². The summed E-state index contributed by atoms with van der Waals surface area (Å²) in [7, 11) is 2.17. The zero-order chi connectivity index (χ0) is 14.9. The van der Waals surface area contributed by atoms with E-state index in [0.717, 1.165) is 19.0 Å². The second-order valence-electron chi connectivity index (χ2n) is 7.53. The Bertz CT molecular complexity index is 441. The highest BCUT2D eigenvalue weighted by molar-refractivity contribution is 7.15. The van der Waals surface area contributed by atoms with Crippen molar-refractivity contribution in [2.24, 2.45) is 5.41 Å². The van der Waals surface area contributed by atoms with E-state index in [4.69, 9.17) is 4.98 Å². The summed E-state index contributed by atoms with van der Waals surface area (Å²) in [5.74, 6) is 0.729. The quantitative estimate of drug-likeness (QED) is 0.860. The Morgan fingerprint density at radius 3 is 2.50 bits per heavy atom. The van der Waals surface area contributed by atoms with E-state index in [1.54, 1.807) is 0 Å². The van der Waals surface area contributed by atoms with Gasteiger partial charge in [0.05, 0.1) is 5.69 Å². The van der Waals surface area contributed by atoms with Crippen LogP contribution in [0.5, 0.6) is 0 Å². The highest BCUT2D eigenvalue weighted by atomic mass is 32.1. The molecule has 114 valence electrons. The Labute approximate surface area is 127 Å². The molecule has 1 aliphatic rings. The van der Waals surface area contributed by atoms with Crippen molar-refractivity contribution in [2.45, 2.75) is 66.0 Å². The SMILES string of the molecule is CC(C)NCc1sc(N(C)CC(C)(C)C)nc1C1CC1. The van der Waals surface area contributed by atoms with E-state index < -0.39 is 0 Å². The molecule has 20 heavy (non-hydrogen) atoms. The van der Waals surface area contributed by atoms with Gasteiger partial charge in [-0.05, 0) is 18.3 Å². The molecule has 0 aromatic carbocycles. The molecule has 0 spiro atoms. The lowest BCUT2D eigenvalue weighted by Crippen LogP contribution is -2.28. The largest absolute Gasteiger partial charge is 0.351 e. The molecule has 0 unspecified atom stereocenters. The van der Waals surface area contributed by atoms with Gasteiger partial charge in [0, 0.05) is 37.0 Å². The van der Waals surface area contributed by atoms with Crippen molar-refractivity contribution in [2.75, 3.05) is 18.5 Å². The van der Waals surface area contributed by atoms with Gasteiger partial charge in [0.2, 0.25) is 0 Å². The third-order valence-electron chi connectivity index (χ3n) is 3.39. The smallest absolute Gasteiger partial charge is 0.185 e. The minimum absolute atomic E-state index is 0.302. The molecule has 1 fully saturated rings. The Morgan fingerprint density at radius 1 is 1.35 bits per heavy atom. The average molecular weight is 295 g/mol. The molecule has 3 nitrogen and oxygen atoms in total. The van der Waals surface area contributed by atoms with Crippen molar-refractivity contribution in [3.63, 3.8) is 0 Å². The number of anilines is 1. The van der Waals surface area contributed by atoms with Crippen molar-refractivity contribution in [1.82, 2.24) is 10.3 Å². The summed E-state index contributed by atoms with van der Waals surface area (Å²) in [4.78, 5) is 8.70. The fraction of sp³-hybridized carbons (Fsp3) is 0.812. The monoisotopic (exact) mass is 295 g/mol. The fourth-order valence-corrected chi connectivity index (χ4v) is 3.45. The van der Waals surface area contributed by atoms with Gasteiger partial charge in [-0.25, -0.2) is 4.98 Å². The molecule has 1 saturated carbocycles. The molecule has 1 aromatic heterocycles. The van der Waals surface area contributed by atoms with Crippen LogP contribution in [0.2, 0.25) is 0 Å². The molecule has 0 saturated heterocycles. The number of nitrogens with zero attached hydrogens (tertiary/aromatic N) is 2. The Balaban J connectivity index is 2.11. The Morgan fingerprint density at radius 2 is 2.00 bits per heavy atom. The van der Waals surface area contributed by atoms with Gasteiger partial charge in [0.1, 0.15) is 0 Å². The summed E-state index contributed by atoms with van der Waals surface area (Å²) < 4.78 is 0. The molecule has 1 heterocycles. The van der Waals surface area contributed by atoms with Crippen LogP contribution >= 0.6 is 11.3 Å². The number of aromatic nitrogens is 1. The highest BCUT2D eigenvalue weighted by Gasteiger charge is 2.30. The van der Waals surface area contributed by atoms with E-state index in [1.807, 2.05) is 11.3 Å². The maximum atomic E-state index is 4.94. The van der Waals surface area contributed by atoms with Crippen molar-refractivity contribution in [3.05, 3.63) is 10.6 Å². The third kappa shape index (κ3) is 4.45. The van der Waals surface area contributed by atoms with Crippen LogP contribution in [0.15, 0.2) is 0 Å². The lowest BCUT2D eigenvalue weighted by molar-refractivity contribution is 0.418. The van der Waals surface area contributed by atoms with Crippen LogP contribution in [0.4, 0.5) is 5.13 Å². The minimum Gasteiger partial charge on any atom is -0.351 e. The van der Waals surface area contributed by atoms with Crippen molar-refractivity contribution in [1.29, 1.82) is 0 Å². The van der Waals surface area contributed by atoms with Gasteiger partial charge in [-0.1, -0.05) is 34.6 Å². The predicted octanol–water partition coefficient (Wildman–Crippen LogP) is 4.00. The summed E-state index contributed by atoms with van der Waals surface area (Å²) in [6, 6.07) is 0.528. The van der Waals surface area contributed by atoms with Crippen LogP contribution < -0.4 is 10.2 Å². The van der Waals surface area contributed by atoms with Crippen LogP contribution in [-0.2, 0) is 6.54 Å². The molecule has 0 aliphatic heterocycles. The van der Waals surface area contributed by atoms with Gasteiger partial charge in [-0.2, -0.15) is 0 Å². The van der Waals surface area contributed by atoms with E-state index in [9.17, 15) is 0 Å². The van der Waals surface area contributed by atoms with Crippen molar-refractivity contribution in [3.8, 4) is 0 Å². The molecule has 1 N–H and O–H groups in total. The van der Waals surface area contributed by atoms with Crippen LogP contribution in [0, 0.1) is 5.41 Å². The van der Waals surface area contributed by atoms with Gasteiger partial charge in [-0.15, -0.1) is 11.3 Å². The van der Waals surface area contributed by atoms with Crippen LogP contribution in [0.25, 0.3) is 0 Å². The first kappa shape index (κ1) is 15.8. The number of hydrogen-bond donors (Lipinski definition) is 1. The second-order valence-corrected chi connectivity index (χ2v) is 8.59. The molecule has 0 bridgehead atoms. The van der Waals surface area contributed by atoms with Gasteiger partial charge >= 0.3 is 0 Å². The first-order chi connectivity index (χ1) is 9.26. The maximum absolute atomic E-state index is 4.94. The summed E-state index contributed by atoms with van der Waals surface area (Å²) in [6.45, 7) is 13.2. The van der Waals surface area contributed by atoms with E-state index in [0.29, 0.717) is 11.5 Å². The lowest BCUT2D eigenvalue weighted by atomic mass is 9.96.